The van der Waals surface area contributed by atoms with Crippen LogP contribution in [0, 0.1) is 5.82 Å². The fourth-order valence-electron chi connectivity index (χ4n) is 2.57. The predicted molar refractivity (Wildman–Crippen MR) is 85.8 cm³/mol. The Morgan fingerprint density at radius 1 is 1.13 bits per heavy atom. The maximum absolute atomic E-state index is 13.1. The van der Waals surface area contributed by atoms with E-state index in [1.807, 2.05) is 30.3 Å². The first kappa shape index (κ1) is 15.0. The fourth-order valence-corrected chi connectivity index (χ4v) is 2.57. The van der Waals surface area contributed by atoms with Crippen LogP contribution in [0.3, 0.4) is 0 Å². The van der Waals surface area contributed by atoms with Crippen molar-refractivity contribution in [3.8, 4) is 0 Å². The van der Waals surface area contributed by atoms with Crippen LogP contribution in [-0.2, 0) is 4.79 Å². The van der Waals surface area contributed by atoms with Gasteiger partial charge in [0.2, 0.25) is 5.91 Å². The van der Waals surface area contributed by atoms with Gasteiger partial charge in [-0.1, -0.05) is 24.3 Å². The van der Waals surface area contributed by atoms with E-state index in [0.29, 0.717) is 18.7 Å². The molecule has 1 atom stereocenters. The van der Waals surface area contributed by atoms with E-state index >= 15 is 0 Å². The summed E-state index contributed by atoms with van der Waals surface area (Å²) < 4.78 is 13.1. The quantitative estimate of drug-likeness (QED) is 0.915. The Labute approximate surface area is 133 Å². The first-order valence-electron chi connectivity index (χ1n) is 7.33. The number of halogens is 1. The van der Waals surface area contributed by atoms with Gasteiger partial charge in [0.25, 0.3) is 0 Å². The number of carbonyl (C=O) groups is 2. The summed E-state index contributed by atoms with van der Waals surface area (Å²) in [7, 11) is 0. The van der Waals surface area contributed by atoms with Crippen molar-refractivity contribution in [3.05, 3.63) is 60.4 Å². The SMILES string of the molecule is O=C(Nc1cccc(F)c1)NC1CCN(c2ccccc2)C1=O. The van der Waals surface area contributed by atoms with Gasteiger partial charge >= 0.3 is 6.03 Å². The third-order valence-corrected chi connectivity index (χ3v) is 3.66. The van der Waals surface area contributed by atoms with Crippen LogP contribution in [0.1, 0.15) is 6.42 Å². The molecule has 2 N–H and O–H groups in total. The van der Waals surface area contributed by atoms with Crippen LogP contribution in [0.25, 0.3) is 0 Å². The van der Waals surface area contributed by atoms with Gasteiger partial charge in [0.15, 0.2) is 0 Å². The van der Waals surface area contributed by atoms with Gasteiger partial charge in [-0.3, -0.25) is 4.79 Å². The number of anilines is 2. The van der Waals surface area contributed by atoms with Crippen molar-refractivity contribution in [1.29, 1.82) is 0 Å². The zero-order valence-electron chi connectivity index (χ0n) is 12.3. The number of carbonyl (C=O) groups excluding carboxylic acids is 2. The zero-order valence-corrected chi connectivity index (χ0v) is 12.3. The van der Waals surface area contributed by atoms with Gasteiger partial charge in [0.05, 0.1) is 0 Å². The molecule has 0 saturated carbocycles. The minimum Gasteiger partial charge on any atom is -0.326 e. The summed E-state index contributed by atoms with van der Waals surface area (Å²) in [6.07, 6.45) is 0.532. The summed E-state index contributed by atoms with van der Waals surface area (Å²) in [6, 6.07) is 13.8. The van der Waals surface area contributed by atoms with Crippen LogP contribution in [-0.4, -0.2) is 24.5 Å². The minimum absolute atomic E-state index is 0.148. The number of amides is 3. The highest BCUT2D eigenvalue weighted by molar-refractivity contribution is 6.02. The molecule has 0 bridgehead atoms. The Morgan fingerprint density at radius 3 is 2.65 bits per heavy atom. The molecule has 1 fully saturated rings. The first-order chi connectivity index (χ1) is 11.1. The van der Waals surface area contributed by atoms with Gasteiger partial charge in [-0.15, -0.1) is 0 Å². The van der Waals surface area contributed by atoms with Gasteiger partial charge in [-0.2, -0.15) is 0 Å². The number of para-hydroxylation sites is 1. The van der Waals surface area contributed by atoms with Crippen LogP contribution in [0.15, 0.2) is 54.6 Å². The minimum atomic E-state index is -0.580. The highest BCUT2D eigenvalue weighted by atomic mass is 19.1. The van der Waals surface area contributed by atoms with Crippen molar-refractivity contribution in [2.75, 3.05) is 16.8 Å². The molecule has 0 spiro atoms. The van der Waals surface area contributed by atoms with Gasteiger partial charge in [-0.25, -0.2) is 9.18 Å². The average Bonchev–Trinajstić information content (AvgIpc) is 2.89. The van der Waals surface area contributed by atoms with Gasteiger partial charge in [0, 0.05) is 17.9 Å². The second-order valence-corrected chi connectivity index (χ2v) is 5.28. The molecule has 3 amide bonds. The Morgan fingerprint density at radius 2 is 1.91 bits per heavy atom. The van der Waals surface area contributed by atoms with Crippen LogP contribution in [0.5, 0.6) is 0 Å². The van der Waals surface area contributed by atoms with Crippen molar-refractivity contribution in [3.63, 3.8) is 0 Å². The maximum Gasteiger partial charge on any atom is 0.319 e. The van der Waals surface area contributed by atoms with Gasteiger partial charge in [-0.05, 0) is 36.8 Å². The third-order valence-electron chi connectivity index (χ3n) is 3.66. The number of hydrogen-bond donors (Lipinski definition) is 2. The van der Waals surface area contributed by atoms with E-state index in [4.69, 9.17) is 0 Å². The molecule has 2 aromatic rings. The fraction of sp³-hybridized carbons (Fsp3) is 0.176. The topological polar surface area (TPSA) is 61.4 Å². The smallest absolute Gasteiger partial charge is 0.319 e. The van der Waals surface area contributed by atoms with E-state index in [1.54, 1.807) is 11.0 Å². The highest BCUT2D eigenvalue weighted by Crippen LogP contribution is 2.21. The number of nitrogens with zero attached hydrogens (tertiary/aromatic N) is 1. The molecule has 1 saturated heterocycles. The maximum atomic E-state index is 13.1. The first-order valence-corrected chi connectivity index (χ1v) is 7.33. The number of urea groups is 1. The van der Waals surface area contributed by atoms with Gasteiger partial charge < -0.3 is 15.5 Å². The molecular formula is C17H16FN3O2. The lowest BCUT2D eigenvalue weighted by Crippen LogP contribution is -2.43. The number of nitrogens with one attached hydrogen (secondary N) is 2. The zero-order chi connectivity index (χ0) is 16.2. The number of rotatable bonds is 3. The molecule has 6 heteroatoms. The second-order valence-electron chi connectivity index (χ2n) is 5.28. The molecule has 23 heavy (non-hydrogen) atoms. The number of hydrogen-bond acceptors (Lipinski definition) is 2. The van der Waals surface area contributed by atoms with Crippen LogP contribution < -0.4 is 15.5 Å². The second kappa shape index (κ2) is 6.48. The molecule has 1 aliphatic rings. The van der Waals surface area contributed by atoms with Gasteiger partial charge in [0.1, 0.15) is 11.9 Å². The largest absolute Gasteiger partial charge is 0.326 e. The molecule has 0 aromatic heterocycles. The third kappa shape index (κ3) is 3.48. The van der Waals surface area contributed by atoms with E-state index in [1.165, 1.54) is 18.2 Å². The molecule has 1 heterocycles. The molecule has 1 unspecified atom stereocenters. The van der Waals surface area contributed by atoms with E-state index in [9.17, 15) is 14.0 Å². The Bertz CT molecular complexity index is 721. The summed E-state index contributed by atoms with van der Waals surface area (Å²) >= 11 is 0. The van der Waals surface area contributed by atoms with Crippen LogP contribution in [0.2, 0.25) is 0 Å². The monoisotopic (exact) mass is 313 g/mol. The van der Waals surface area contributed by atoms with Crippen LogP contribution >= 0.6 is 0 Å². The summed E-state index contributed by atoms with van der Waals surface area (Å²) in [5, 5.41) is 5.16. The highest BCUT2D eigenvalue weighted by Gasteiger charge is 2.33. The Kier molecular flexibility index (Phi) is 4.23. The van der Waals surface area contributed by atoms with E-state index in [0.717, 1.165) is 5.69 Å². The molecule has 1 aliphatic heterocycles. The molecule has 2 aromatic carbocycles. The van der Waals surface area contributed by atoms with E-state index in [2.05, 4.69) is 10.6 Å². The normalized spacial score (nSPS) is 17.2. The van der Waals surface area contributed by atoms with Crippen molar-refractivity contribution in [1.82, 2.24) is 5.32 Å². The average molecular weight is 313 g/mol. The van der Waals surface area contributed by atoms with Crippen molar-refractivity contribution < 1.29 is 14.0 Å². The molecule has 0 aliphatic carbocycles. The lowest BCUT2D eigenvalue weighted by atomic mass is 10.2. The molecule has 0 radical (unpaired) electrons. The summed E-state index contributed by atoms with van der Waals surface area (Å²) in [6.45, 7) is 0.549. The lowest BCUT2D eigenvalue weighted by molar-refractivity contribution is -0.118. The van der Waals surface area contributed by atoms with E-state index in [-0.39, 0.29) is 5.91 Å². The standard InChI is InChI=1S/C17H16FN3O2/c18-12-5-4-6-13(11-12)19-17(23)20-15-9-10-21(16(15)22)14-7-2-1-3-8-14/h1-8,11,15H,9-10H2,(H2,19,20,23). The van der Waals surface area contributed by atoms with Crippen molar-refractivity contribution in [2.24, 2.45) is 0 Å². The van der Waals surface area contributed by atoms with Crippen molar-refractivity contribution >= 4 is 23.3 Å². The molecule has 3 rings (SSSR count). The number of benzene rings is 2. The summed E-state index contributed by atoms with van der Waals surface area (Å²) in [5.74, 6) is -0.583. The molecular weight excluding hydrogens is 297 g/mol. The van der Waals surface area contributed by atoms with Crippen molar-refractivity contribution in [2.45, 2.75) is 12.5 Å². The van der Waals surface area contributed by atoms with Crippen LogP contribution in [0.4, 0.5) is 20.6 Å². The summed E-state index contributed by atoms with van der Waals surface area (Å²) in [5.41, 5.74) is 1.15. The Balaban J connectivity index is 1.60. The Hall–Kier alpha value is -2.89. The molecule has 5 nitrogen and oxygen atoms in total. The molecule has 118 valence electrons. The summed E-state index contributed by atoms with van der Waals surface area (Å²) in [4.78, 5) is 26.0. The lowest BCUT2D eigenvalue weighted by Gasteiger charge is -2.17. The van der Waals surface area contributed by atoms with E-state index < -0.39 is 17.9 Å². The predicted octanol–water partition coefficient (Wildman–Crippen LogP) is 2.75.